The molecule has 0 aromatic heterocycles. The molecule has 0 heterocycles. The third-order valence-corrected chi connectivity index (χ3v) is 5.42. The van der Waals surface area contributed by atoms with Crippen LogP contribution in [-0.2, 0) is 9.73 Å². The second-order valence-corrected chi connectivity index (χ2v) is 8.65. The molecule has 6 heteroatoms. The maximum Gasteiger partial charge on any atom is 0.255 e. The maximum atomic E-state index is 12.5. The topological polar surface area (TPSA) is 96.0 Å². The van der Waals surface area contributed by atoms with Gasteiger partial charge in [0.2, 0.25) is 0 Å². The normalized spacial score (nSPS) is 13.0. The number of nitrogen functional groups attached to an aromatic ring is 1. The van der Waals surface area contributed by atoms with Crippen molar-refractivity contribution in [3.05, 3.63) is 77.9 Å². The highest BCUT2D eigenvalue weighted by atomic mass is 32.2. The van der Waals surface area contributed by atoms with Gasteiger partial charge >= 0.3 is 0 Å². The predicted octanol–water partition coefficient (Wildman–Crippen LogP) is 4.53. The molecule has 0 aliphatic rings. The molecule has 1 amide bonds. The number of nitrogens with two attached hydrogens (primary N) is 1. The molecule has 0 bridgehead atoms. The predicted molar refractivity (Wildman–Crippen MR) is 110 cm³/mol. The van der Waals surface area contributed by atoms with Gasteiger partial charge in [-0.15, -0.1) is 0 Å². The molecule has 0 radical (unpaired) electrons. The molecule has 0 saturated heterocycles. The van der Waals surface area contributed by atoms with E-state index in [2.05, 4.69) is 5.32 Å². The van der Waals surface area contributed by atoms with Gasteiger partial charge in [0.15, 0.2) is 0 Å². The first kappa shape index (κ1) is 18.7. The molecule has 3 aromatic carbocycles. The van der Waals surface area contributed by atoms with Crippen LogP contribution in [0.25, 0.3) is 11.1 Å². The lowest BCUT2D eigenvalue weighted by Crippen LogP contribution is -2.13. The van der Waals surface area contributed by atoms with Crippen molar-refractivity contribution in [3.63, 3.8) is 0 Å². The van der Waals surface area contributed by atoms with Crippen LogP contribution in [0.15, 0.2) is 71.6 Å². The van der Waals surface area contributed by atoms with Crippen molar-refractivity contribution >= 4 is 27.0 Å². The van der Waals surface area contributed by atoms with E-state index in [1.54, 1.807) is 18.2 Å². The number of rotatable bonds is 4. The zero-order valence-electron chi connectivity index (χ0n) is 15.2. The molecule has 3 rings (SSSR count). The van der Waals surface area contributed by atoms with Gasteiger partial charge in [-0.05, 0) is 54.4 Å². The Balaban J connectivity index is 1.85. The molecular formula is C21H21N3O2S. The van der Waals surface area contributed by atoms with E-state index in [9.17, 15) is 9.00 Å². The minimum atomic E-state index is -2.80. The summed E-state index contributed by atoms with van der Waals surface area (Å²) in [7, 11) is -2.80. The molecule has 0 aliphatic carbocycles. The van der Waals surface area contributed by atoms with Crippen molar-refractivity contribution in [1.29, 1.82) is 4.78 Å². The highest BCUT2D eigenvalue weighted by Gasteiger charge is 2.11. The number of aryl methyl sites for hydroxylation is 1. The number of nitrogens with one attached hydrogen (secondary N) is 2. The second kappa shape index (κ2) is 7.25. The average Bonchev–Trinajstić information content (AvgIpc) is 2.63. The zero-order chi connectivity index (χ0) is 19.6. The SMILES string of the molecule is Cc1ccc(-c2ccc(N)c(NC(=O)c3ccc(S(C)(=N)=O)cc3)c2)cc1. The minimum Gasteiger partial charge on any atom is -0.397 e. The highest BCUT2D eigenvalue weighted by Crippen LogP contribution is 2.28. The first-order chi connectivity index (χ1) is 12.7. The van der Waals surface area contributed by atoms with Crippen molar-refractivity contribution in [2.45, 2.75) is 11.8 Å². The number of amides is 1. The molecule has 3 aromatic rings. The zero-order valence-corrected chi connectivity index (χ0v) is 16.0. The fourth-order valence-corrected chi connectivity index (χ4v) is 3.31. The fraction of sp³-hybridized carbons (Fsp3) is 0.0952. The van der Waals surface area contributed by atoms with Crippen LogP contribution in [-0.4, -0.2) is 16.4 Å². The number of carbonyl (C=O) groups excluding carboxylic acids is 1. The summed E-state index contributed by atoms with van der Waals surface area (Å²) in [6.45, 7) is 2.03. The van der Waals surface area contributed by atoms with Gasteiger partial charge in [-0.1, -0.05) is 35.9 Å². The van der Waals surface area contributed by atoms with Crippen molar-refractivity contribution in [2.75, 3.05) is 17.3 Å². The van der Waals surface area contributed by atoms with Crippen LogP contribution in [0.4, 0.5) is 11.4 Å². The van der Waals surface area contributed by atoms with Crippen LogP contribution < -0.4 is 11.1 Å². The van der Waals surface area contributed by atoms with Gasteiger partial charge in [-0.25, -0.2) is 8.99 Å². The Morgan fingerprint density at radius 2 is 1.56 bits per heavy atom. The number of benzene rings is 3. The van der Waals surface area contributed by atoms with Crippen molar-refractivity contribution < 1.29 is 9.00 Å². The molecule has 0 fully saturated rings. The molecule has 0 aliphatic heterocycles. The van der Waals surface area contributed by atoms with Gasteiger partial charge in [0.25, 0.3) is 5.91 Å². The van der Waals surface area contributed by atoms with E-state index in [1.165, 1.54) is 24.0 Å². The molecule has 1 atom stereocenters. The molecule has 0 saturated carbocycles. The summed E-state index contributed by atoms with van der Waals surface area (Å²) in [5, 5.41) is 2.82. The number of carbonyl (C=O) groups is 1. The summed E-state index contributed by atoms with van der Waals surface area (Å²) < 4.78 is 19.3. The number of anilines is 2. The molecule has 5 nitrogen and oxygen atoms in total. The quantitative estimate of drug-likeness (QED) is 0.581. The maximum absolute atomic E-state index is 12.5. The Labute approximate surface area is 159 Å². The average molecular weight is 379 g/mol. The molecule has 27 heavy (non-hydrogen) atoms. The van der Waals surface area contributed by atoms with E-state index in [1.807, 2.05) is 43.3 Å². The van der Waals surface area contributed by atoms with Crippen molar-refractivity contribution in [1.82, 2.24) is 0 Å². The summed E-state index contributed by atoms with van der Waals surface area (Å²) in [5.74, 6) is -0.318. The Morgan fingerprint density at radius 3 is 2.15 bits per heavy atom. The summed E-state index contributed by atoms with van der Waals surface area (Å²) in [4.78, 5) is 12.9. The fourth-order valence-electron chi connectivity index (χ4n) is 2.65. The standard InChI is InChI=1S/C21H21N3O2S/c1-14-3-5-15(6-4-14)17-9-12-19(22)20(13-17)24-21(25)16-7-10-18(11-8-16)27(2,23)26/h3-13,23H,22H2,1-2H3,(H,24,25). The van der Waals surface area contributed by atoms with E-state index in [0.717, 1.165) is 11.1 Å². The van der Waals surface area contributed by atoms with Gasteiger partial charge in [-0.2, -0.15) is 0 Å². The summed E-state index contributed by atoms with van der Waals surface area (Å²) in [6.07, 6.45) is 1.35. The van der Waals surface area contributed by atoms with E-state index in [-0.39, 0.29) is 5.91 Å². The molecule has 4 N–H and O–H groups in total. The molecule has 0 spiro atoms. The third-order valence-electron chi connectivity index (χ3n) is 4.25. The Morgan fingerprint density at radius 1 is 0.963 bits per heavy atom. The van der Waals surface area contributed by atoms with E-state index < -0.39 is 9.73 Å². The van der Waals surface area contributed by atoms with E-state index in [0.29, 0.717) is 21.8 Å². The Bertz CT molecular complexity index is 1090. The van der Waals surface area contributed by atoms with Crippen LogP contribution in [0.5, 0.6) is 0 Å². The summed E-state index contributed by atoms with van der Waals surface area (Å²) in [5.41, 5.74) is 10.6. The lowest BCUT2D eigenvalue weighted by molar-refractivity contribution is 0.102. The van der Waals surface area contributed by atoms with Crippen molar-refractivity contribution in [3.8, 4) is 11.1 Å². The first-order valence-electron chi connectivity index (χ1n) is 8.36. The lowest BCUT2D eigenvalue weighted by atomic mass is 10.0. The van der Waals surface area contributed by atoms with Crippen molar-refractivity contribution in [2.24, 2.45) is 0 Å². The van der Waals surface area contributed by atoms with Gasteiger partial charge in [0.1, 0.15) is 0 Å². The largest absolute Gasteiger partial charge is 0.397 e. The van der Waals surface area contributed by atoms with E-state index >= 15 is 0 Å². The smallest absolute Gasteiger partial charge is 0.255 e. The minimum absolute atomic E-state index is 0.318. The van der Waals surface area contributed by atoms with Gasteiger partial charge in [0, 0.05) is 16.7 Å². The van der Waals surface area contributed by atoms with Crippen LogP contribution >= 0.6 is 0 Å². The Kier molecular flexibility index (Phi) is 5.01. The summed E-state index contributed by atoms with van der Waals surface area (Å²) >= 11 is 0. The molecular weight excluding hydrogens is 358 g/mol. The van der Waals surface area contributed by atoms with Gasteiger partial charge in [0.05, 0.1) is 21.1 Å². The second-order valence-electron chi connectivity index (χ2n) is 6.49. The van der Waals surface area contributed by atoms with E-state index in [4.69, 9.17) is 10.5 Å². The third kappa shape index (κ3) is 4.35. The van der Waals surface area contributed by atoms with Crippen LogP contribution in [0.2, 0.25) is 0 Å². The van der Waals surface area contributed by atoms with Crippen LogP contribution in [0, 0.1) is 11.7 Å². The van der Waals surface area contributed by atoms with Gasteiger partial charge < -0.3 is 11.1 Å². The van der Waals surface area contributed by atoms with Crippen LogP contribution in [0.1, 0.15) is 15.9 Å². The number of hydrogen-bond donors (Lipinski definition) is 3. The Hall–Kier alpha value is -3.12. The molecule has 1 unspecified atom stereocenters. The molecule has 138 valence electrons. The monoisotopic (exact) mass is 379 g/mol. The van der Waals surface area contributed by atoms with Gasteiger partial charge in [-0.3, -0.25) is 4.79 Å². The summed E-state index contributed by atoms with van der Waals surface area (Å²) in [6, 6.07) is 19.8. The van der Waals surface area contributed by atoms with Crippen LogP contribution in [0.3, 0.4) is 0 Å². The highest BCUT2D eigenvalue weighted by molar-refractivity contribution is 7.91. The lowest BCUT2D eigenvalue weighted by Gasteiger charge is -2.11. The first-order valence-corrected chi connectivity index (χ1v) is 10.3. The number of hydrogen-bond acceptors (Lipinski definition) is 4.